The summed E-state index contributed by atoms with van der Waals surface area (Å²) < 4.78 is 13.1. The highest BCUT2D eigenvalue weighted by atomic mass is 19.1. The minimum absolute atomic E-state index is 0.0541. The summed E-state index contributed by atoms with van der Waals surface area (Å²) in [6, 6.07) is 12.0. The van der Waals surface area contributed by atoms with Gasteiger partial charge in [0.15, 0.2) is 11.4 Å². The van der Waals surface area contributed by atoms with E-state index in [1.165, 1.54) is 45.5 Å². The zero-order chi connectivity index (χ0) is 21.9. The van der Waals surface area contributed by atoms with Crippen LogP contribution in [0.25, 0.3) is 0 Å². The van der Waals surface area contributed by atoms with Crippen LogP contribution in [-0.2, 0) is 30.7 Å². The van der Waals surface area contributed by atoms with Crippen molar-refractivity contribution >= 4 is 23.2 Å². The zero-order valence-corrected chi connectivity index (χ0v) is 16.6. The van der Waals surface area contributed by atoms with E-state index in [9.17, 15) is 14.0 Å². The second-order valence-corrected chi connectivity index (χ2v) is 5.71. The van der Waals surface area contributed by atoms with Crippen LogP contribution >= 0.6 is 0 Å². The van der Waals surface area contributed by atoms with Gasteiger partial charge in [-0.2, -0.15) is 0 Å². The fourth-order valence-electron chi connectivity index (χ4n) is 2.45. The Labute approximate surface area is 172 Å². The van der Waals surface area contributed by atoms with E-state index in [0.717, 1.165) is 0 Å². The fourth-order valence-corrected chi connectivity index (χ4v) is 2.45. The Bertz CT molecular complexity index is 944. The van der Waals surface area contributed by atoms with Gasteiger partial charge in [0, 0.05) is 18.2 Å². The van der Waals surface area contributed by atoms with Gasteiger partial charge in [-0.1, -0.05) is 34.6 Å². The highest BCUT2D eigenvalue weighted by Gasteiger charge is 2.19. The number of nitrogens with one attached hydrogen (secondary N) is 2. The second kappa shape index (κ2) is 11.3. The lowest BCUT2D eigenvalue weighted by Gasteiger charge is -2.12. The van der Waals surface area contributed by atoms with Gasteiger partial charge in [0.25, 0.3) is 11.8 Å². The van der Waals surface area contributed by atoms with Crippen LogP contribution in [0.15, 0.2) is 58.8 Å². The standard InChI is InChI=1S/C20H21FN4O5/c1-22-19(26)18(24-29-3)16-7-5-4-6-14(16)12-30-25-20(27)17(23-28-2)13-8-10-15(21)11-9-13/h4-11H,12H2,1-3H3,(H,22,26)(H,25,27)/b23-17+,24-18+. The van der Waals surface area contributed by atoms with E-state index < -0.39 is 17.6 Å². The molecule has 0 radical (unpaired) electrons. The Morgan fingerprint density at radius 2 is 1.57 bits per heavy atom. The van der Waals surface area contributed by atoms with Crippen molar-refractivity contribution in [2.24, 2.45) is 10.3 Å². The second-order valence-electron chi connectivity index (χ2n) is 5.71. The highest BCUT2D eigenvalue weighted by Crippen LogP contribution is 2.12. The van der Waals surface area contributed by atoms with Crippen LogP contribution in [0.5, 0.6) is 0 Å². The summed E-state index contributed by atoms with van der Waals surface area (Å²) in [5.74, 6) is -1.59. The van der Waals surface area contributed by atoms with Crippen molar-refractivity contribution in [1.82, 2.24) is 10.8 Å². The van der Waals surface area contributed by atoms with Crippen molar-refractivity contribution in [2.75, 3.05) is 21.3 Å². The lowest BCUT2D eigenvalue weighted by Crippen LogP contribution is -2.32. The molecule has 2 amide bonds. The molecule has 0 saturated heterocycles. The van der Waals surface area contributed by atoms with Gasteiger partial charge in [-0.3, -0.25) is 14.4 Å². The number of hydroxylamine groups is 1. The van der Waals surface area contributed by atoms with Crippen LogP contribution in [-0.4, -0.2) is 44.5 Å². The predicted octanol–water partition coefficient (Wildman–Crippen LogP) is 1.52. The van der Waals surface area contributed by atoms with Crippen molar-refractivity contribution in [2.45, 2.75) is 6.61 Å². The third-order valence-electron chi connectivity index (χ3n) is 3.81. The Morgan fingerprint density at radius 1 is 0.933 bits per heavy atom. The van der Waals surface area contributed by atoms with E-state index in [0.29, 0.717) is 16.7 Å². The van der Waals surface area contributed by atoms with E-state index in [1.54, 1.807) is 24.3 Å². The Kier molecular flexibility index (Phi) is 8.45. The van der Waals surface area contributed by atoms with Crippen LogP contribution < -0.4 is 10.8 Å². The summed E-state index contributed by atoms with van der Waals surface area (Å²) in [7, 11) is 4.08. The Morgan fingerprint density at radius 3 is 2.20 bits per heavy atom. The molecule has 10 heteroatoms. The monoisotopic (exact) mass is 416 g/mol. The van der Waals surface area contributed by atoms with Crippen molar-refractivity contribution < 1.29 is 28.5 Å². The molecule has 2 N–H and O–H groups in total. The molecule has 0 aliphatic carbocycles. The molecule has 0 saturated carbocycles. The van der Waals surface area contributed by atoms with E-state index in [-0.39, 0.29) is 18.0 Å². The van der Waals surface area contributed by atoms with Gasteiger partial charge in [0.05, 0.1) is 0 Å². The third kappa shape index (κ3) is 5.85. The molecule has 0 fully saturated rings. The minimum atomic E-state index is -0.696. The maximum atomic E-state index is 13.1. The topological polar surface area (TPSA) is 111 Å². The molecule has 0 aliphatic heterocycles. The highest BCUT2D eigenvalue weighted by molar-refractivity contribution is 6.45. The Balaban J connectivity index is 2.13. The predicted molar refractivity (Wildman–Crippen MR) is 107 cm³/mol. The number of amides is 2. The molecule has 2 aromatic rings. The average Bonchev–Trinajstić information content (AvgIpc) is 2.76. The normalized spacial score (nSPS) is 11.6. The first-order valence-electron chi connectivity index (χ1n) is 8.72. The van der Waals surface area contributed by atoms with Gasteiger partial charge in [-0.05, 0) is 29.8 Å². The fraction of sp³-hybridized carbons (Fsp3) is 0.200. The molecule has 9 nitrogen and oxygen atoms in total. The number of benzene rings is 2. The molecule has 0 bridgehead atoms. The molecule has 0 atom stereocenters. The number of carbonyl (C=O) groups excluding carboxylic acids is 2. The molecule has 0 aliphatic rings. The Hall–Kier alpha value is -3.79. The van der Waals surface area contributed by atoms with Gasteiger partial charge in [-0.25, -0.2) is 9.87 Å². The van der Waals surface area contributed by atoms with Crippen LogP contribution in [0, 0.1) is 5.82 Å². The molecule has 0 heterocycles. The summed E-state index contributed by atoms with van der Waals surface area (Å²) >= 11 is 0. The van der Waals surface area contributed by atoms with Gasteiger partial charge in [0.2, 0.25) is 0 Å². The van der Waals surface area contributed by atoms with Crippen LogP contribution in [0.3, 0.4) is 0 Å². The van der Waals surface area contributed by atoms with Crippen molar-refractivity contribution in [3.8, 4) is 0 Å². The van der Waals surface area contributed by atoms with Gasteiger partial charge < -0.3 is 15.0 Å². The molecular weight excluding hydrogens is 395 g/mol. The molecule has 0 unspecified atom stereocenters. The first-order chi connectivity index (χ1) is 14.5. The summed E-state index contributed by atoms with van der Waals surface area (Å²) in [5, 5.41) is 9.92. The number of hydrogen-bond acceptors (Lipinski definition) is 7. The first-order valence-corrected chi connectivity index (χ1v) is 8.72. The van der Waals surface area contributed by atoms with Crippen LogP contribution in [0.4, 0.5) is 4.39 Å². The van der Waals surface area contributed by atoms with Crippen molar-refractivity contribution in [3.63, 3.8) is 0 Å². The maximum absolute atomic E-state index is 13.1. The number of oxime groups is 2. The smallest absolute Gasteiger partial charge is 0.297 e. The van der Waals surface area contributed by atoms with E-state index in [2.05, 4.69) is 21.1 Å². The number of hydrogen-bond donors (Lipinski definition) is 2. The summed E-state index contributed by atoms with van der Waals surface area (Å²) in [6.45, 7) is -0.0781. The molecular formula is C20H21FN4O5. The number of rotatable bonds is 9. The minimum Gasteiger partial charge on any atom is -0.398 e. The molecule has 0 spiro atoms. The van der Waals surface area contributed by atoms with Gasteiger partial charge in [-0.15, -0.1) is 0 Å². The molecule has 2 rings (SSSR count). The lowest BCUT2D eigenvalue weighted by atomic mass is 10.0. The zero-order valence-electron chi connectivity index (χ0n) is 16.6. The summed E-state index contributed by atoms with van der Waals surface area (Å²) in [4.78, 5) is 39.3. The molecule has 2 aromatic carbocycles. The van der Waals surface area contributed by atoms with Crippen LogP contribution in [0.2, 0.25) is 0 Å². The largest absolute Gasteiger partial charge is 0.398 e. The van der Waals surface area contributed by atoms with E-state index in [1.807, 2.05) is 0 Å². The van der Waals surface area contributed by atoms with Crippen molar-refractivity contribution in [3.05, 3.63) is 71.0 Å². The number of halogens is 1. The molecule has 0 aromatic heterocycles. The lowest BCUT2D eigenvalue weighted by molar-refractivity contribution is -0.127. The van der Waals surface area contributed by atoms with E-state index in [4.69, 9.17) is 14.5 Å². The average molecular weight is 416 g/mol. The SMILES string of the molecule is CNC(=O)/C(=N/OC)c1ccccc1CONC(=O)/C(=N/OC)c1ccc(F)cc1. The summed E-state index contributed by atoms with van der Waals surface area (Å²) in [6.07, 6.45) is 0. The number of likely N-dealkylation sites (N-methyl/N-ethyl adjacent to an activating group) is 1. The van der Waals surface area contributed by atoms with Gasteiger partial charge >= 0.3 is 0 Å². The van der Waals surface area contributed by atoms with Crippen LogP contribution in [0.1, 0.15) is 16.7 Å². The quantitative estimate of drug-likeness (QED) is 0.476. The molecule has 30 heavy (non-hydrogen) atoms. The number of carbonyl (C=O) groups is 2. The van der Waals surface area contributed by atoms with Crippen molar-refractivity contribution in [1.29, 1.82) is 0 Å². The number of nitrogens with zero attached hydrogens (tertiary/aromatic N) is 2. The molecule has 158 valence electrons. The maximum Gasteiger partial charge on any atom is 0.297 e. The van der Waals surface area contributed by atoms with E-state index >= 15 is 0 Å². The van der Waals surface area contributed by atoms with Gasteiger partial charge in [0.1, 0.15) is 26.6 Å². The summed E-state index contributed by atoms with van der Waals surface area (Å²) in [5.41, 5.74) is 3.59. The first kappa shape index (κ1) is 22.5. The third-order valence-corrected chi connectivity index (χ3v) is 3.81.